The molecule has 0 amide bonds. The Morgan fingerprint density at radius 2 is 1.81 bits per heavy atom. The van der Waals surface area contributed by atoms with E-state index in [0.29, 0.717) is 16.5 Å². The number of hydrazine groups is 1. The Labute approximate surface area is 129 Å². The van der Waals surface area contributed by atoms with E-state index in [1.165, 1.54) is 12.1 Å². The SMILES string of the molecule is Cc1cc(C(Cc2ccc(F)c(Br)c2)NN)c(F)cc1F. The van der Waals surface area contributed by atoms with Crippen molar-refractivity contribution in [2.45, 2.75) is 19.4 Å². The van der Waals surface area contributed by atoms with E-state index in [1.54, 1.807) is 19.1 Å². The molecule has 2 aromatic carbocycles. The van der Waals surface area contributed by atoms with E-state index in [-0.39, 0.29) is 11.4 Å². The highest BCUT2D eigenvalue weighted by atomic mass is 79.9. The van der Waals surface area contributed by atoms with Gasteiger partial charge in [-0.3, -0.25) is 11.3 Å². The Morgan fingerprint density at radius 3 is 2.43 bits per heavy atom. The van der Waals surface area contributed by atoms with E-state index in [2.05, 4.69) is 21.4 Å². The lowest BCUT2D eigenvalue weighted by Crippen LogP contribution is -2.30. The van der Waals surface area contributed by atoms with Crippen molar-refractivity contribution in [2.75, 3.05) is 0 Å². The lowest BCUT2D eigenvalue weighted by Gasteiger charge is -2.18. The molecule has 0 radical (unpaired) electrons. The van der Waals surface area contributed by atoms with E-state index in [4.69, 9.17) is 5.84 Å². The molecular weight excluding hydrogens is 345 g/mol. The number of aryl methyl sites for hydroxylation is 1. The first-order valence-corrected chi connectivity index (χ1v) is 7.07. The maximum absolute atomic E-state index is 13.9. The molecule has 0 saturated heterocycles. The molecule has 1 atom stereocenters. The second kappa shape index (κ2) is 6.60. The first-order chi connectivity index (χ1) is 9.92. The standard InChI is InChI=1S/C15H14BrF3N2/c1-8-4-10(14(19)7-13(8)18)15(21-20)6-9-2-3-12(17)11(16)5-9/h2-5,7,15,21H,6,20H2,1H3. The van der Waals surface area contributed by atoms with Crippen molar-refractivity contribution >= 4 is 15.9 Å². The summed E-state index contributed by atoms with van der Waals surface area (Å²) in [5, 5.41) is 0. The molecule has 0 aliphatic carbocycles. The van der Waals surface area contributed by atoms with Crippen molar-refractivity contribution in [1.82, 2.24) is 5.43 Å². The molecule has 2 rings (SSSR count). The van der Waals surface area contributed by atoms with Crippen LogP contribution in [0.5, 0.6) is 0 Å². The molecule has 0 fully saturated rings. The maximum Gasteiger partial charge on any atom is 0.137 e. The summed E-state index contributed by atoms with van der Waals surface area (Å²) in [5.74, 6) is 3.84. The van der Waals surface area contributed by atoms with Gasteiger partial charge in [-0.15, -0.1) is 0 Å². The summed E-state index contributed by atoms with van der Waals surface area (Å²) in [6.07, 6.45) is 0.345. The molecule has 0 aliphatic rings. The lowest BCUT2D eigenvalue weighted by molar-refractivity contribution is 0.500. The fraction of sp³-hybridized carbons (Fsp3) is 0.200. The van der Waals surface area contributed by atoms with E-state index in [0.717, 1.165) is 11.6 Å². The molecule has 0 heterocycles. The van der Waals surface area contributed by atoms with E-state index < -0.39 is 17.7 Å². The van der Waals surface area contributed by atoms with Gasteiger partial charge in [0.15, 0.2) is 0 Å². The number of halogens is 4. The van der Waals surface area contributed by atoms with Gasteiger partial charge in [-0.1, -0.05) is 6.07 Å². The van der Waals surface area contributed by atoms with Crippen molar-refractivity contribution in [3.8, 4) is 0 Å². The zero-order chi connectivity index (χ0) is 15.6. The van der Waals surface area contributed by atoms with Crippen LogP contribution in [-0.2, 0) is 6.42 Å². The number of benzene rings is 2. The van der Waals surface area contributed by atoms with Crippen molar-refractivity contribution in [2.24, 2.45) is 5.84 Å². The van der Waals surface area contributed by atoms with Crippen LogP contribution in [0.2, 0.25) is 0 Å². The summed E-state index contributed by atoms with van der Waals surface area (Å²) in [6.45, 7) is 1.56. The van der Waals surface area contributed by atoms with Crippen LogP contribution >= 0.6 is 15.9 Å². The van der Waals surface area contributed by atoms with Crippen LogP contribution in [0.3, 0.4) is 0 Å². The molecule has 21 heavy (non-hydrogen) atoms. The first-order valence-electron chi connectivity index (χ1n) is 6.28. The van der Waals surface area contributed by atoms with Gasteiger partial charge in [0.25, 0.3) is 0 Å². The highest BCUT2D eigenvalue weighted by Crippen LogP contribution is 2.25. The quantitative estimate of drug-likeness (QED) is 0.642. The van der Waals surface area contributed by atoms with Crippen LogP contribution in [0.25, 0.3) is 0 Å². The van der Waals surface area contributed by atoms with Crippen LogP contribution in [0, 0.1) is 24.4 Å². The van der Waals surface area contributed by atoms with Gasteiger partial charge < -0.3 is 0 Å². The topological polar surface area (TPSA) is 38.0 Å². The van der Waals surface area contributed by atoms with Crippen LogP contribution in [0.15, 0.2) is 34.8 Å². The van der Waals surface area contributed by atoms with Crippen molar-refractivity contribution < 1.29 is 13.2 Å². The molecule has 3 N–H and O–H groups in total. The Bertz CT molecular complexity index is 662. The van der Waals surface area contributed by atoms with Crippen molar-refractivity contribution in [3.05, 3.63) is 68.9 Å². The van der Waals surface area contributed by atoms with E-state index in [9.17, 15) is 13.2 Å². The fourth-order valence-corrected chi connectivity index (χ4v) is 2.53. The predicted molar refractivity (Wildman–Crippen MR) is 79.0 cm³/mol. The molecule has 0 saturated carbocycles. The van der Waals surface area contributed by atoms with Gasteiger partial charge in [-0.05, 0) is 58.6 Å². The third-order valence-electron chi connectivity index (χ3n) is 3.28. The highest BCUT2D eigenvalue weighted by Gasteiger charge is 2.17. The average molecular weight is 359 g/mol. The maximum atomic E-state index is 13.9. The molecule has 0 aliphatic heterocycles. The fourth-order valence-electron chi connectivity index (χ4n) is 2.11. The molecule has 6 heteroatoms. The largest absolute Gasteiger partial charge is 0.271 e. The zero-order valence-corrected chi connectivity index (χ0v) is 12.8. The van der Waals surface area contributed by atoms with Crippen molar-refractivity contribution in [1.29, 1.82) is 0 Å². The minimum Gasteiger partial charge on any atom is -0.271 e. The summed E-state index contributed by atoms with van der Waals surface area (Å²) >= 11 is 3.10. The normalized spacial score (nSPS) is 12.5. The minimum atomic E-state index is -0.665. The van der Waals surface area contributed by atoms with Crippen LogP contribution in [0.4, 0.5) is 13.2 Å². The van der Waals surface area contributed by atoms with Crippen LogP contribution in [0.1, 0.15) is 22.7 Å². The minimum absolute atomic E-state index is 0.275. The molecule has 2 nitrogen and oxygen atoms in total. The van der Waals surface area contributed by atoms with Gasteiger partial charge in [-0.2, -0.15) is 0 Å². The zero-order valence-electron chi connectivity index (χ0n) is 11.3. The summed E-state index contributed by atoms with van der Waals surface area (Å²) < 4.78 is 40.8. The number of rotatable bonds is 4. The number of hydrogen-bond acceptors (Lipinski definition) is 2. The summed E-state index contributed by atoms with van der Waals surface area (Å²) in [5.41, 5.74) is 3.90. The van der Waals surface area contributed by atoms with Crippen LogP contribution in [-0.4, -0.2) is 0 Å². The molecular formula is C15H14BrF3N2. The Hall–Kier alpha value is -1.37. The van der Waals surface area contributed by atoms with Gasteiger partial charge in [0, 0.05) is 11.6 Å². The highest BCUT2D eigenvalue weighted by molar-refractivity contribution is 9.10. The second-order valence-electron chi connectivity index (χ2n) is 4.79. The van der Waals surface area contributed by atoms with E-state index in [1.807, 2.05) is 0 Å². The number of hydrogen-bond donors (Lipinski definition) is 2. The van der Waals surface area contributed by atoms with Gasteiger partial charge >= 0.3 is 0 Å². The summed E-state index contributed by atoms with van der Waals surface area (Å²) in [4.78, 5) is 0. The third-order valence-corrected chi connectivity index (χ3v) is 3.89. The Balaban J connectivity index is 2.31. The third kappa shape index (κ3) is 3.64. The molecule has 1 unspecified atom stereocenters. The Kier molecular flexibility index (Phi) is 5.03. The average Bonchev–Trinajstić information content (AvgIpc) is 2.44. The summed E-state index contributed by atoms with van der Waals surface area (Å²) in [7, 11) is 0. The molecule has 0 aromatic heterocycles. The van der Waals surface area contributed by atoms with Gasteiger partial charge in [0.05, 0.1) is 10.5 Å². The van der Waals surface area contributed by atoms with Crippen LogP contribution < -0.4 is 11.3 Å². The lowest BCUT2D eigenvalue weighted by atomic mass is 9.97. The number of nitrogens with one attached hydrogen (secondary N) is 1. The van der Waals surface area contributed by atoms with Gasteiger partial charge in [0.2, 0.25) is 0 Å². The van der Waals surface area contributed by atoms with Gasteiger partial charge in [-0.25, -0.2) is 13.2 Å². The summed E-state index contributed by atoms with van der Waals surface area (Å²) in [6, 6.07) is 6.25. The van der Waals surface area contributed by atoms with Crippen molar-refractivity contribution in [3.63, 3.8) is 0 Å². The predicted octanol–water partition coefficient (Wildman–Crippen LogP) is 3.92. The van der Waals surface area contributed by atoms with Gasteiger partial charge in [0.1, 0.15) is 17.5 Å². The molecule has 2 aromatic rings. The molecule has 0 bridgehead atoms. The monoisotopic (exact) mass is 358 g/mol. The van der Waals surface area contributed by atoms with E-state index >= 15 is 0 Å². The Morgan fingerprint density at radius 1 is 1.10 bits per heavy atom. The molecule has 0 spiro atoms. The smallest absolute Gasteiger partial charge is 0.137 e. The first kappa shape index (κ1) is 16.0. The second-order valence-corrected chi connectivity index (χ2v) is 5.65. The number of nitrogens with two attached hydrogens (primary N) is 1. The molecule has 112 valence electrons.